The molecule has 0 unspecified atom stereocenters. The molecule has 652 valence electrons. The van der Waals surface area contributed by atoms with E-state index >= 15 is 0 Å². The SMILES string of the molecule is CC/C(=C/F)COc1cc2c(cn1)C(=O)N(C1CC1)C2.CC/C(=C/F)COc1cc2c(cn1)C(=O)N(C1CC1)CC2.CC/C(=C/F)COc1ccc2c(c1)C(=O)N(C1CC1)C2=O.CC/C(=C/F)COc1ccc2c(c1)CCN(C1CC1)C2=O.CC/C(=C/F)COc1ccc2c(c1)CN(C1CC1)C2=O.CC/C(=C\F)COc1cnc2c(c1)CN(C1CC1)C2=O. The Morgan fingerprint density at radius 1 is 0.309 bits per heavy atom. The lowest BCUT2D eigenvalue weighted by Gasteiger charge is -2.28. The number of rotatable bonds is 30. The van der Waals surface area contributed by atoms with Crippen LogP contribution in [0.3, 0.4) is 0 Å². The Bertz CT molecular complexity index is 4760. The molecule has 3 aromatic heterocycles. The largest absolute Gasteiger partial charge is 0.489 e. The quantitative estimate of drug-likeness (QED) is 0.0301. The minimum atomic E-state index is -0.250. The van der Waals surface area contributed by atoms with Crippen LogP contribution in [0.1, 0.15) is 258 Å². The van der Waals surface area contributed by atoms with Crippen molar-refractivity contribution in [2.75, 3.05) is 52.7 Å². The van der Waals surface area contributed by atoms with Crippen molar-refractivity contribution in [3.05, 3.63) is 230 Å². The van der Waals surface area contributed by atoms with E-state index in [4.69, 9.17) is 28.4 Å². The van der Waals surface area contributed by atoms with Crippen LogP contribution in [0, 0.1) is 0 Å². The summed E-state index contributed by atoms with van der Waals surface area (Å²) in [6.07, 6.45) is 26.4. The van der Waals surface area contributed by atoms with Crippen molar-refractivity contribution in [2.24, 2.45) is 0 Å². The average molecular weight is 1700 g/mol. The van der Waals surface area contributed by atoms with E-state index in [9.17, 15) is 59.9 Å². The van der Waals surface area contributed by atoms with Crippen molar-refractivity contribution in [1.82, 2.24) is 44.4 Å². The highest BCUT2D eigenvalue weighted by atomic mass is 19.1. The summed E-state index contributed by atoms with van der Waals surface area (Å²) < 4.78 is 108. The zero-order valence-corrected chi connectivity index (χ0v) is 70.6. The fraction of sp³-hybridized carbons (Fsp3) is 0.453. The molecule has 18 rings (SSSR count). The monoisotopic (exact) mass is 1700 g/mol. The molecule has 0 N–H and O–H groups in total. The first-order valence-corrected chi connectivity index (χ1v) is 43.0. The molecule has 6 aromatic rings. The molecule has 3 aromatic carbocycles. The number of hydrogen-bond donors (Lipinski definition) is 0. The van der Waals surface area contributed by atoms with Gasteiger partial charge in [0.15, 0.2) is 0 Å². The van der Waals surface area contributed by atoms with Crippen LogP contribution in [-0.2, 0) is 32.5 Å². The maximum atomic E-state index is 12.5. The van der Waals surface area contributed by atoms with Crippen LogP contribution in [0.25, 0.3) is 0 Å². The van der Waals surface area contributed by atoms with E-state index in [1.165, 1.54) is 4.90 Å². The third kappa shape index (κ3) is 22.5. The second kappa shape index (κ2) is 41.5. The number of imide groups is 1. The Hall–Kier alpha value is -11.6. The van der Waals surface area contributed by atoms with Crippen molar-refractivity contribution < 1.29 is 88.3 Å². The van der Waals surface area contributed by atoms with E-state index in [1.807, 2.05) is 102 Å². The van der Waals surface area contributed by atoms with Crippen LogP contribution in [0.2, 0.25) is 0 Å². The molecule has 12 aliphatic rings. The molecule has 0 bridgehead atoms. The number of halogens is 6. The van der Waals surface area contributed by atoms with Gasteiger partial charge in [0, 0.05) is 110 Å². The van der Waals surface area contributed by atoms with Crippen LogP contribution in [0.4, 0.5) is 26.3 Å². The molecule has 6 fully saturated rings. The highest BCUT2D eigenvalue weighted by Gasteiger charge is 2.46. The first-order valence-electron chi connectivity index (χ1n) is 43.0. The molecule has 123 heavy (non-hydrogen) atoms. The third-order valence-corrected chi connectivity index (χ3v) is 23.6. The van der Waals surface area contributed by atoms with Crippen LogP contribution in [0.5, 0.6) is 34.8 Å². The van der Waals surface area contributed by atoms with Gasteiger partial charge in [-0.1, -0.05) is 41.5 Å². The van der Waals surface area contributed by atoms with Gasteiger partial charge in [-0.15, -0.1) is 0 Å². The fourth-order valence-corrected chi connectivity index (χ4v) is 14.8. The Labute approximate surface area is 713 Å². The van der Waals surface area contributed by atoms with Gasteiger partial charge in [-0.05, 0) is 245 Å². The summed E-state index contributed by atoms with van der Waals surface area (Å²) in [5.41, 5.74) is 12.7. The number of nitrogens with zero attached hydrogens (tertiary/aromatic N) is 9. The van der Waals surface area contributed by atoms with Gasteiger partial charge >= 0.3 is 0 Å². The molecule has 0 atom stereocenters. The van der Waals surface area contributed by atoms with Crippen LogP contribution >= 0.6 is 0 Å². The summed E-state index contributed by atoms with van der Waals surface area (Å²) >= 11 is 0. The first-order chi connectivity index (χ1) is 59.8. The molecular weight excluding hydrogens is 1590 g/mol. The number of aromatic nitrogens is 3. The highest BCUT2D eigenvalue weighted by molar-refractivity contribution is 6.22. The van der Waals surface area contributed by atoms with E-state index in [0.717, 1.165) is 142 Å². The first kappa shape index (κ1) is 89.2. The number of ether oxygens (including phenoxy) is 6. The minimum Gasteiger partial charge on any atom is -0.489 e. The predicted octanol–water partition coefficient (Wildman–Crippen LogP) is 18.6. The van der Waals surface area contributed by atoms with E-state index in [-0.39, 0.29) is 87.0 Å². The van der Waals surface area contributed by atoms with Crippen LogP contribution in [-0.4, -0.2) is 175 Å². The minimum absolute atomic E-state index is 0.0203. The molecule has 0 radical (unpaired) electrons. The maximum Gasteiger partial charge on any atom is 0.273 e. The smallest absolute Gasteiger partial charge is 0.273 e. The van der Waals surface area contributed by atoms with E-state index in [1.54, 1.807) is 55.0 Å². The normalized spacial score (nSPS) is 18.5. The molecule has 0 spiro atoms. The molecule has 22 nitrogen and oxygen atoms in total. The topological polar surface area (TPSA) is 233 Å². The molecule has 9 heterocycles. The van der Waals surface area contributed by atoms with Gasteiger partial charge in [-0.3, -0.25) is 38.5 Å². The molecule has 28 heteroatoms. The lowest BCUT2D eigenvalue weighted by molar-refractivity contribution is 0.0637. The Morgan fingerprint density at radius 2 is 0.618 bits per heavy atom. The number of fused-ring (bicyclic) bond motifs is 6. The van der Waals surface area contributed by atoms with Crippen molar-refractivity contribution in [2.45, 2.75) is 226 Å². The summed E-state index contributed by atoms with van der Waals surface area (Å²) in [5.74, 6) is 3.33. The second-order valence-electron chi connectivity index (χ2n) is 32.5. The van der Waals surface area contributed by atoms with Crippen molar-refractivity contribution >= 4 is 41.4 Å². The van der Waals surface area contributed by atoms with Gasteiger partial charge in [0.05, 0.1) is 66.4 Å². The van der Waals surface area contributed by atoms with E-state index in [2.05, 4.69) is 15.0 Å². The van der Waals surface area contributed by atoms with Gasteiger partial charge in [0.2, 0.25) is 11.8 Å². The van der Waals surface area contributed by atoms with Crippen LogP contribution < -0.4 is 28.4 Å². The summed E-state index contributed by atoms with van der Waals surface area (Å²) in [4.78, 5) is 109. The number of hydrogen-bond acceptors (Lipinski definition) is 16. The summed E-state index contributed by atoms with van der Waals surface area (Å²) in [6.45, 7) is 16.0. The van der Waals surface area contributed by atoms with Crippen molar-refractivity contribution in [3.63, 3.8) is 0 Å². The standard InChI is InChI=1S/C17H20FNO2.C16H19FN2O2.C16H16FNO3.C16H18FNO2.2C15H17FN2O2/c1-2-12(10-18)11-21-15-5-6-16-13(9-15)7-8-19(17(16)20)14-3-4-14;1-2-11(8-17)10-21-15-7-12-5-6-19(13-3-4-13)16(20)14(12)9-18-15;1-2-10(8-17)9-21-12-5-6-13-14(7-12)16(20)18(15(13)19)11-3-4-11;1-2-11(8-17)10-20-14-5-6-15-12(7-14)9-18(16(15)19)13-3-4-13;1-2-10(6-16)9-20-14-5-11-8-18(12-3-4-12)15(19)13(11)7-17-14;1-2-10(6-16)9-20-13-5-11-8-18(12-3-4-12)15(19)14(11)17-7-13/h5-6,9-10,14H,2-4,7-8,11H2,1H3;7-9,13H,2-6,10H2,1H3;5-8,11H,2-4,9H2,1H3;5-8,13H,2-4,9-10H2,1H3;2*5-7,12H,2-4,8-9H2,1H3/b12-10-;11-8-;10-8-;11-8-;10-6-;10-6+. The summed E-state index contributed by atoms with van der Waals surface area (Å²) in [5, 5.41) is 0. The molecule has 6 aliphatic heterocycles. The Kier molecular flexibility index (Phi) is 30.1. The fourth-order valence-electron chi connectivity index (χ4n) is 14.8. The molecule has 6 aliphatic carbocycles. The lowest BCUT2D eigenvalue weighted by atomic mass is 9.98. The molecule has 6 saturated carbocycles. The number of carbonyl (C=O) groups excluding carboxylic acids is 7. The number of amides is 7. The van der Waals surface area contributed by atoms with E-state index in [0.29, 0.717) is 222 Å². The van der Waals surface area contributed by atoms with Gasteiger partial charge in [-0.25, -0.2) is 41.3 Å². The lowest BCUT2D eigenvalue weighted by Crippen LogP contribution is -2.39. The number of pyridine rings is 3. The molecular formula is C95H107F6N9O13. The zero-order chi connectivity index (χ0) is 87.0. The summed E-state index contributed by atoms with van der Waals surface area (Å²) in [7, 11) is 0. The van der Waals surface area contributed by atoms with Gasteiger partial charge in [0.1, 0.15) is 68.3 Å². The number of benzene rings is 3. The Balaban J connectivity index is 0.000000127. The van der Waals surface area contributed by atoms with E-state index < -0.39 is 0 Å². The van der Waals surface area contributed by atoms with Crippen molar-refractivity contribution in [1.29, 1.82) is 0 Å². The maximum absolute atomic E-state index is 12.5. The van der Waals surface area contributed by atoms with Crippen molar-refractivity contribution in [3.8, 4) is 34.8 Å². The highest BCUT2D eigenvalue weighted by Crippen LogP contribution is 2.41. The molecule has 0 saturated heterocycles. The predicted molar refractivity (Wildman–Crippen MR) is 450 cm³/mol. The Morgan fingerprint density at radius 3 is 1.05 bits per heavy atom. The van der Waals surface area contributed by atoms with Crippen LogP contribution in [0.15, 0.2) is 163 Å². The summed E-state index contributed by atoms with van der Waals surface area (Å²) in [6, 6.07) is 23.5. The van der Waals surface area contributed by atoms with Gasteiger partial charge < -0.3 is 52.9 Å². The number of carbonyl (C=O) groups is 7. The van der Waals surface area contributed by atoms with Gasteiger partial charge in [0.25, 0.3) is 41.4 Å². The average Bonchev–Trinajstić information content (AvgIpc) is 1.58. The van der Waals surface area contributed by atoms with Gasteiger partial charge in [-0.2, -0.15) is 0 Å². The second-order valence-corrected chi connectivity index (χ2v) is 32.5. The zero-order valence-electron chi connectivity index (χ0n) is 70.6. The third-order valence-electron chi connectivity index (χ3n) is 23.6. The molecule has 7 amide bonds.